The van der Waals surface area contributed by atoms with E-state index in [0.29, 0.717) is 0 Å². The molecule has 1 aliphatic rings. The maximum atomic E-state index is 2.62. The molecule has 0 radical (unpaired) electrons. The summed E-state index contributed by atoms with van der Waals surface area (Å²) in [5, 5.41) is 6.61. The monoisotopic (exact) mass is 412 g/mol. The van der Waals surface area contributed by atoms with Crippen molar-refractivity contribution >= 4 is 31.7 Å². The smallest absolute Gasteiger partial charge is 0.0785 e. The maximum Gasteiger partial charge on any atom is 0.115 e. The van der Waals surface area contributed by atoms with Gasteiger partial charge in [0.25, 0.3) is 0 Å². The van der Waals surface area contributed by atoms with E-state index in [1.54, 1.807) is 20.8 Å². The molecule has 0 saturated heterocycles. The highest BCUT2D eigenvalue weighted by Crippen LogP contribution is 2.40. The van der Waals surface area contributed by atoms with E-state index >= 15 is 0 Å². The Balaban J connectivity index is 2.02. The van der Waals surface area contributed by atoms with Gasteiger partial charge in [-0.15, -0.1) is 0 Å². The van der Waals surface area contributed by atoms with Gasteiger partial charge in [0.2, 0.25) is 0 Å². The first-order valence-corrected chi connectivity index (χ1v) is 16.4. The van der Waals surface area contributed by atoms with E-state index < -0.39 is 16.1 Å². The number of rotatable bonds is 3. The molecule has 3 aromatic carbocycles. The van der Waals surface area contributed by atoms with E-state index in [4.69, 9.17) is 0 Å². The summed E-state index contributed by atoms with van der Waals surface area (Å²) < 4.78 is 0. The van der Waals surface area contributed by atoms with Crippen LogP contribution < -0.4 is 10.4 Å². The average molecular weight is 413 g/mol. The van der Waals surface area contributed by atoms with Gasteiger partial charge >= 0.3 is 0 Å². The molecular weight excluding hydrogens is 380 g/mol. The maximum absolute atomic E-state index is 2.62. The lowest BCUT2D eigenvalue weighted by molar-refractivity contribution is 0.856. The Morgan fingerprint density at radius 2 is 0.966 bits per heavy atom. The molecule has 148 valence electrons. The third-order valence-electron chi connectivity index (χ3n) is 7.24. The number of hydrogen-bond acceptors (Lipinski definition) is 0. The van der Waals surface area contributed by atoms with Gasteiger partial charge in [0, 0.05) is 0 Å². The third kappa shape index (κ3) is 3.72. The van der Waals surface area contributed by atoms with Crippen LogP contribution in [-0.4, -0.2) is 16.1 Å². The van der Waals surface area contributed by atoms with Crippen LogP contribution in [-0.2, 0) is 0 Å². The van der Waals surface area contributed by atoms with E-state index in [0.717, 1.165) is 0 Å². The van der Waals surface area contributed by atoms with Crippen LogP contribution in [0.4, 0.5) is 0 Å². The van der Waals surface area contributed by atoms with Crippen molar-refractivity contribution in [1.29, 1.82) is 0 Å². The van der Waals surface area contributed by atoms with Crippen LogP contribution in [0.2, 0.25) is 25.2 Å². The molecule has 0 fully saturated rings. The third-order valence-corrected chi connectivity index (χ3v) is 17.1. The summed E-state index contributed by atoms with van der Waals surface area (Å²) in [5.41, 5.74) is 1.46. The molecule has 0 N–H and O–H groups in total. The second kappa shape index (κ2) is 8.29. The van der Waals surface area contributed by atoms with Gasteiger partial charge in [-0.05, 0) is 24.6 Å². The Hall–Kier alpha value is -2.17. The molecule has 0 spiro atoms. The normalized spacial score (nSPS) is 27.8. The molecule has 1 aliphatic heterocycles. The summed E-state index contributed by atoms with van der Waals surface area (Å²) in [5.74, 6) is 0. The van der Waals surface area contributed by atoms with Gasteiger partial charge in [-0.3, -0.25) is 0 Å². The van der Waals surface area contributed by atoms with Gasteiger partial charge < -0.3 is 0 Å². The van der Waals surface area contributed by atoms with Crippen LogP contribution in [0.5, 0.6) is 0 Å². The minimum atomic E-state index is -1.84. The van der Waals surface area contributed by atoms with Crippen molar-refractivity contribution in [3.63, 3.8) is 0 Å². The van der Waals surface area contributed by atoms with Crippen molar-refractivity contribution in [2.24, 2.45) is 0 Å². The molecule has 1 heterocycles. The first kappa shape index (κ1) is 20.1. The van der Waals surface area contributed by atoms with Crippen molar-refractivity contribution in [3.05, 3.63) is 102 Å². The van der Waals surface area contributed by atoms with Gasteiger partial charge in [0.1, 0.15) is 16.1 Å². The zero-order chi connectivity index (χ0) is 20.3. The van der Waals surface area contributed by atoms with Crippen molar-refractivity contribution in [2.75, 3.05) is 0 Å². The first-order chi connectivity index (χ1) is 14.1. The molecule has 0 nitrogen and oxygen atoms in total. The fourth-order valence-corrected chi connectivity index (χ4v) is 15.0. The highest BCUT2D eigenvalue weighted by atomic mass is 28.3. The van der Waals surface area contributed by atoms with Gasteiger partial charge in [-0.2, -0.15) is 0 Å². The number of allylic oxidation sites excluding steroid dienone is 1. The van der Waals surface area contributed by atoms with E-state index in [-0.39, 0.29) is 0 Å². The zero-order valence-electron chi connectivity index (χ0n) is 18.0. The standard InChI is InChI=1S/C27H32Si2/c1-23-27(24-15-7-4-8-16-24)29(3,26-19-11-6-12-20-26)22-14-13-21-28(23,2)25-17-9-5-10-18-25/h4-12,15-20H,13-14,21-22H2,1-3H3/b27-23-/t28-,29+/m1/s1. The zero-order valence-corrected chi connectivity index (χ0v) is 20.0. The average Bonchev–Trinajstić information content (AvgIpc) is 2.78. The van der Waals surface area contributed by atoms with Crippen LogP contribution in [0.1, 0.15) is 25.3 Å². The highest BCUT2D eigenvalue weighted by Gasteiger charge is 2.42. The molecule has 2 atom stereocenters. The highest BCUT2D eigenvalue weighted by molar-refractivity contribution is 7.09. The minimum absolute atomic E-state index is 1.34. The lowest BCUT2D eigenvalue weighted by Crippen LogP contribution is -2.53. The van der Waals surface area contributed by atoms with Crippen molar-refractivity contribution in [3.8, 4) is 0 Å². The van der Waals surface area contributed by atoms with Crippen molar-refractivity contribution < 1.29 is 0 Å². The fraction of sp³-hybridized carbons (Fsp3) is 0.259. The lowest BCUT2D eigenvalue weighted by atomic mass is 10.2. The van der Waals surface area contributed by atoms with Crippen molar-refractivity contribution in [2.45, 2.75) is 44.9 Å². The van der Waals surface area contributed by atoms with Crippen LogP contribution in [0.25, 0.3) is 5.20 Å². The molecule has 3 aromatic rings. The summed E-state index contributed by atoms with van der Waals surface area (Å²) in [7, 11) is -3.59. The molecule has 0 unspecified atom stereocenters. The second-order valence-corrected chi connectivity index (χ2v) is 17.7. The summed E-state index contributed by atoms with van der Waals surface area (Å²) in [6.07, 6.45) is 2.70. The molecule has 0 bridgehead atoms. The topological polar surface area (TPSA) is 0 Å². The largest absolute Gasteiger partial charge is 0.115 e. The van der Waals surface area contributed by atoms with Crippen molar-refractivity contribution in [1.82, 2.24) is 0 Å². The quantitative estimate of drug-likeness (QED) is 0.443. The molecule has 0 saturated carbocycles. The predicted octanol–water partition coefficient (Wildman–Crippen LogP) is 6.30. The summed E-state index contributed by atoms with van der Waals surface area (Å²) in [6.45, 7) is 7.73. The number of hydrogen-bond donors (Lipinski definition) is 0. The number of benzene rings is 3. The molecule has 4 rings (SSSR count). The minimum Gasteiger partial charge on any atom is -0.0785 e. The van der Waals surface area contributed by atoms with Gasteiger partial charge in [-0.1, -0.05) is 138 Å². The van der Waals surface area contributed by atoms with Crippen LogP contribution >= 0.6 is 0 Å². The van der Waals surface area contributed by atoms with Crippen LogP contribution in [0, 0.1) is 0 Å². The van der Waals surface area contributed by atoms with Crippen LogP contribution in [0.15, 0.2) is 96.2 Å². The molecule has 29 heavy (non-hydrogen) atoms. The van der Waals surface area contributed by atoms with Gasteiger partial charge in [-0.25, -0.2) is 0 Å². The predicted molar refractivity (Wildman–Crippen MR) is 133 cm³/mol. The lowest BCUT2D eigenvalue weighted by Gasteiger charge is -2.41. The Kier molecular flexibility index (Phi) is 5.75. The first-order valence-electron chi connectivity index (χ1n) is 10.9. The Labute approximate surface area is 178 Å². The van der Waals surface area contributed by atoms with Gasteiger partial charge in [0.15, 0.2) is 0 Å². The molecular formula is C27H32Si2. The fourth-order valence-electron chi connectivity index (χ4n) is 5.36. The van der Waals surface area contributed by atoms with E-state index in [9.17, 15) is 0 Å². The molecule has 0 aliphatic carbocycles. The van der Waals surface area contributed by atoms with E-state index in [1.807, 2.05) is 0 Å². The second-order valence-electron chi connectivity index (χ2n) is 8.97. The molecule has 0 amide bonds. The van der Waals surface area contributed by atoms with Crippen LogP contribution in [0.3, 0.4) is 0 Å². The van der Waals surface area contributed by atoms with Gasteiger partial charge in [0.05, 0.1) is 0 Å². The molecule has 0 aromatic heterocycles. The Morgan fingerprint density at radius 3 is 1.48 bits per heavy atom. The Bertz CT molecular complexity index is 979. The van der Waals surface area contributed by atoms with E-state index in [1.165, 1.54) is 30.5 Å². The summed E-state index contributed by atoms with van der Waals surface area (Å²) in [6, 6.07) is 36.8. The summed E-state index contributed by atoms with van der Waals surface area (Å²) >= 11 is 0. The summed E-state index contributed by atoms with van der Waals surface area (Å²) in [4.78, 5) is 0. The van der Waals surface area contributed by atoms with E-state index in [2.05, 4.69) is 111 Å². The SMILES string of the molecule is C/C1=C(\c2ccccc2)[Si@](C)(c2ccccc2)CCCC[Si@@]1(C)c1ccccc1. The Morgan fingerprint density at radius 1 is 0.552 bits per heavy atom. The molecule has 2 heteroatoms.